The first kappa shape index (κ1) is 21.5. The molecule has 2 aliphatic rings. The van der Waals surface area contributed by atoms with Gasteiger partial charge in [0.1, 0.15) is 12.4 Å². The van der Waals surface area contributed by atoms with Crippen LogP contribution in [0.4, 0.5) is 5.69 Å². The first-order valence-corrected chi connectivity index (χ1v) is 11.6. The van der Waals surface area contributed by atoms with E-state index in [1.165, 1.54) is 30.7 Å². The zero-order valence-corrected chi connectivity index (χ0v) is 18.4. The summed E-state index contributed by atoms with van der Waals surface area (Å²) < 4.78 is 43.7. The van der Waals surface area contributed by atoms with E-state index in [1.54, 1.807) is 11.0 Å². The topological polar surface area (TPSA) is 85.4 Å². The highest BCUT2D eigenvalue weighted by Crippen LogP contribution is 2.35. The lowest BCUT2D eigenvalue weighted by Gasteiger charge is -2.35. The highest BCUT2D eigenvalue weighted by molar-refractivity contribution is 7.89. The van der Waals surface area contributed by atoms with E-state index in [1.807, 2.05) is 24.3 Å². The second kappa shape index (κ2) is 8.76. The van der Waals surface area contributed by atoms with Gasteiger partial charge in [0.15, 0.2) is 11.5 Å². The molecule has 31 heavy (non-hydrogen) atoms. The van der Waals surface area contributed by atoms with Crippen LogP contribution >= 0.6 is 0 Å². The Morgan fingerprint density at radius 2 is 1.71 bits per heavy atom. The average molecular weight is 447 g/mol. The van der Waals surface area contributed by atoms with Gasteiger partial charge >= 0.3 is 0 Å². The van der Waals surface area contributed by atoms with E-state index >= 15 is 0 Å². The summed E-state index contributed by atoms with van der Waals surface area (Å²) in [6.45, 7) is 1.54. The third-order valence-electron chi connectivity index (χ3n) is 5.79. The fourth-order valence-corrected chi connectivity index (χ4v) is 5.57. The molecule has 0 atom stereocenters. The van der Waals surface area contributed by atoms with Crippen LogP contribution in [0.2, 0.25) is 0 Å². The molecule has 0 spiro atoms. The maximum atomic E-state index is 13.2. The van der Waals surface area contributed by atoms with Gasteiger partial charge in [0, 0.05) is 25.1 Å². The molecule has 2 heterocycles. The Bertz CT molecular complexity index is 1060. The third kappa shape index (κ3) is 4.07. The Hall–Kier alpha value is -2.78. The zero-order chi connectivity index (χ0) is 22.0. The van der Waals surface area contributed by atoms with Crippen LogP contribution in [0.3, 0.4) is 0 Å². The normalized spacial score (nSPS) is 17.5. The molecule has 1 amide bonds. The molecule has 166 valence electrons. The quantitative estimate of drug-likeness (QED) is 0.702. The van der Waals surface area contributed by atoms with Crippen molar-refractivity contribution in [2.24, 2.45) is 5.92 Å². The van der Waals surface area contributed by atoms with Crippen molar-refractivity contribution in [2.45, 2.75) is 17.7 Å². The van der Waals surface area contributed by atoms with E-state index in [0.717, 1.165) is 5.69 Å². The van der Waals surface area contributed by atoms with Gasteiger partial charge in [-0.05, 0) is 37.1 Å². The number of amides is 1. The number of rotatable bonds is 5. The lowest BCUT2D eigenvalue weighted by atomic mass is 9.96. The van der Waals surface area contributed by atoms with Crippen LogP contribution in [-0.4, -0.2) is 59.1 Å². The molecule has 1 saturated heterocycles. The predicted molar refractivity (Wildman–Crippen MR) is 115 cm³/mol. The van der Waals surface area contributed by atoms with E-state index in [2.05, 4.69) is 0 Å². The van der Waals surface area contributed by atoms with Crippen molar-refractivity contribution in [1.29, 1.82) is 0 Å². The smallest absolute Gasteiger partial charge is 0.243 e. The second-order valence-corrected chi connectivity index (χ2v) is 9.44. The Morgan fingerprint density at radius 1 is 1.00 bits per heavy atom. The first-order valence-electron chi connectivity index (χ1n) is 10.2. The number of nitrogens with zero attached hydrogens (tertiary/aromatic N) is 2. The van der Waals surface area contributed by atoms with Crippen molar-refractivity contribution >= 4 is 21.6 Å². The van der Waals surface area contributed by atoms with E-state index < -0.39 is 10.0 Å². The van der Waals surface area contributed by atoms with Crippen molar-refractivity contribution in [3.8, 4) is 17.2 Å². The van der Waals surface area contributed by atoms with E-state index in [9.17, 15) is 13.2 Å². The highest BCUT2D eigenvalue weighted by atomic mass is 32.2. The molecule has 8 nitrogen and oxygen atoms in total. The minimum absolute atomic E-state index is 0.0268. The molecule has 2 aromatic rings. The molecular weight excluding hydrogens is 420 g/mol. The molecule has 2 aromatic carbocycles. The van der Waals surface area contributed by atoms with Crippen molar-refractivity contribution < 1.29 is 27.4 Å². The molecule has 4 rings (SSSR count). The summed E-state index contributed by atoms with van der Waals surface area (Å²) >= 11 is 0. The van der Waals surface area contributed by atoms with Gasteiger partial charge in [0.25, 0.3) is 0 Å². The zero-order valence-electron chi connectivity index (χ0n) is 17.6. The number of benzene rings is 2. The lowest BCUT2D eigenvalue weighted by Crippen LogP contribution is -2.46. The van der Waals surface area contributed by atoms with Gasteiger partial charge in [0.05, 0.1) is 31.3 Å². The Morgan fingerprint density at radius 3 is 2.42 bits per heavy atom. The van der Waals surface area contributed by atoms with Crippen molar-refractivity contribution in [1.82, 2.24) is 4.31 Å². The minimum atomic E-state index is -3.69. The molecule has 0 unspecified atom stereocenters. The summed E-state index contributed by atoms with van der Waals surface area (Å²) in [5.74, 6) is 1.34. The van der Waals surface area contributed by atoms with Crippen LogP contribution in [-0.2, 0) is 14.8 Å². The number of fused-ring (bicyclic) bond motifs is 1. The molecule has 0 bridgehead atoms. The maximum absolute atomic E-state index is 13.2. The Labute approximate surface area is 182 Å². The van der Waals surface area contributed by atoms with Crippen LogP contribution in [0.15, 0.2) is 47.4 Å². The number of anilines is 1. The lowest BCUT2D eigenvalue weighted by molar-refractivity contribution is -0.123. The van der Waals surface area contributed by atoms with Gasteiger partial charge in [-0.1, -0.05) is 12.1 Å². The van der Waals surface area contributed by atoms with Gasteiger partial charge in [-0.2, -0.15) is 4.31 Å². The van der Waals surface area contributed by atoms with Gasteiger partial charge < -0.3 is 19.1 Å². The molecule has 0 aromatic heterocycles. The van der Waals surface area contributed by atoms with Gasteiger partial charge in [-0.15, -0.1) is 0 Å². The number of piperidine rings is 1. The van der Waals surface area contributed by atoms with Gasteiger partial charge in [-0.3, -0.25) is 4.79 Å². The van der Waals surface area contributed by atoms with Crippen LogP contribution in [0.25, 0.3) is 0 Å². The number of sulfonamides is 1. The summed E-state index contributed by atoms with van der Waals surface area (Å²) in [6, 6.07) is 12.1. The fraction of sp³-hybridized carbons (Fsp3) is 0.409. The molecule has 9 heteroatoms. The molecular formula is C22H26N2O6S. The number of hydrogen-bond acceptors (Lipinski definition) is 6. The van der Waals surface area contributed by atoms with Crippen LogP contribution in [0.5, 0.6) is 17.2 Å². The van der Waals surface area contributed by atoms with Crippen LogP contribution < -0.4 is 19.1 Å². The Balaban J connectivity index is 1.46. The summed E-state index contributed by atoms with van der Waals surface area (Å²) in [6.07, 6.45) is 0.954. The molecule has 0 N–H and O–H groups in total. The summed E-state index contributed by atoms with van der Waals surface area (Å²) in [5.41, 5.74) is 0.777. The standard InChI is InChI=1S/C22H26N2O6S/c1-28-20-8-7-17(15-21(20)29-2)31(26,27)23-11-9-16(10-12-23)22(25)24-13-14-30-19-6-4-3-5-18(19)24/h3-8,15-16H,9-14H2,1-2H3. The minimum Gasteiger partial charge on any atom is -0.493 e. The summed E-state index contributed by atoms with van der Waals surface area (Å²) in [5, 5.41) is 0. The molecule has 2 aliphatic heterocycles. The molecule has 0 radical (unpaired) electrons. The number of hydrogen-bond donors (Lipinski definition) is 0. The monoisotopic (exact) mass is 446 g/mol. The molecule has 1 fully saturated rings. The van der Waals surface area contributed by atoms with Crippen molar-refractivity contribution in [2.75, 3.05) is 45.4 Å². The largest absolute Gasteiger partial charge is 0.493 e. The van der Waals surface area contributed by atoms with Crippen LogP contribution in [0.1, 0.15) is 12.8 Å². The number of ether oxygens (including phenoxy) is 3. The van der Waals surface area contributed by atoms with Gasteiger partial charge in [0.2, 0.25) is 15.9 Å². The molecule has 0 aliphatic carbocycles. The summed E-state index contributed by atoms with van der Waals surface area (Å²) in [7, 11) is -0.721. The van der Waals surface area contributed by atoms with Crippen molar-refractivity contribution in [3.05, 3.63) is 42.5 Å². The van der Waals surface area contributed by atoms with E-state index in [4.69, 9.17) is 14.2 Å². The first-order chi connectivity index (χ1) is 15.0. The molecule has 0 saturated carbocycles. The van der Waals surface area contributed by atoms with Gasteiger partial charge in [-0.25, -0.2) is 8.42 Å². The number of methoxy groups -OCH3 is 2. The fourth-order valence-electron chi connectivity index (χ4n) is 4.09. The Kier molecular flexibility index (Phi) is 6.06. The highest BCUT2D eigenvalue weighted by Gasteiger charge is 2.35. The van der Waals surface area contributed by atoms with E-state index in [-0.39, 0.29) is 16.7 Å². The predicted octanol–water partition coefficient (Wildman–Crippen LogP) is 2.53. The second-order valence-electron chi connectivity index (χ2n) is 7.50. The number of para-hydroxylation sites is 2. The average Bonchev–Trinajstić information content (AvgIpc) is 2.82. The number of carbonyl (C=O) groups excluding carboxylic acids is 1. The SMILES string of the molecule is COc1ccc(S(=O)(=O)N2CCC(C(=O)N3CCOc4ccccc43)CC2)cc1OC. The number of carbonyl (C=O) groups is 1. The van der Waals surface area contributed by atoms with Crippen LogP contribution in [0, 0.1) is 5.92 Å². The summed E-state index contributed by atoms with van der Waals surface area (Å²) in [4.78, 5) is 15.1. The third-order valence-corrected chi connectivity index (χ3v) is 7.69. The van der Waals surface area contributed by atoms with E-state index in [0.29, 0.717) is 56.3 Å². The maximum Gasteiger partial charge on any atom is 0.243 e. The van der Waals surface area contributed by atoms with Crippen molar-refractivity contribution in [3.63, 3.8) is 0 Å².